The molecular formula is C34H25FN8O2. The Kier molecular flexibility index (Phi) is 6.12. The van der Waals surface area contributed by atoms with E-state index < -0.39 is 17.6 Å². The highest BCUT2D eigenvalue weighted by Crippen LogP contribution is 2.42. The molecule has 2 amide bonds. The summed E-state index contributed by atoms with van der Waals surface area (Å²) < 4.78 is 20.1. The predicted molar refractivity (Wildman–Crippen MR) is 168 cm³/mol. The number of anilines is 1. The Bertz CT molecular complexity index is 2320. The van der Waals surface area contributed by atoms with Crippen LogP contribution in [0.3, 0.4) is 0 Å². The zero-order valence-corrected chi connectivity index (χ0v) is 24.1. The summed E-state index contributed by atoms with van der Waals surface area (Å²) in [5, 5.41) is 6.02. The van der Waals surface area contributed by atoms with Crippen LogP contribution in [0.15, 0.2) is 97.8 Å². The largest absolute Gasteiger partial charge is 0.347 e. The van der Waals surface area contributed by atoms with Gasteiger partial charge in [-0.1, -0.05) is 18.2 Å². The lowest BCUT2D eigenvalue weighted by atomic mass is 9.97. The van der Waals surface area contributed by atoms with Crippen molar-refractivity contribution in [3.05, 3.63) is 115 Å². The summed E-state index contributed by atoms with van der Waals surface area (Å²) in [5.74, 6) is -1.36. The highest BCUT2D eigenvalue weighted by Gasteiger charge is 2.43. The van der Waals surface area contributed by atoms with Crippen molar-refractivity contribution in [1.82, 2.24) is 33.9 Å². The number of rotatable bonds is 7. The van der Waals surface area contributed by atoms with Gasteiger partial charge < -0.3 is 9.13 Å². The van der Waals surface area contributed by atoms with E-state index >= 15 is 0 Å². The van der Waals surface area contributed by atoms with Gasteiger partial charge in [-0.25, -0.2) is 23.9 Å². The second kappa shape index (κ2) is 10.3. The molecule has 0 N–H and O–H groups in total. The SMILES string of the molecule is Cn1nc(C2=C(c3cn(CCCn4ccnc4)c4cc(F)ccc34)C(=O)N(c3ccccc3)C2=O)c2cc3ncccc3nc21. The number of carbonyl (C=O) groups excluding carboxylic acids is 2. The second-order valence-electron chi connectivity index (χ2n) is 11.0. The first-order valence-corrected chi connectivity index (χ1v) is 14.5. The summed E-state index contributed by atoms with van der Waals surface area (Å²) in [6.07, 6.45) is 9.63. The highest BCUT2D eigenvalue weighted by molar-refractivity contribution is 6.58. The van der Waals surface area contributed by atoms with Gasteiger partial charge >= 0.3 is 0 Å². The van der Waals surface area contributed by atoms with Crippen LogP contribution in [0.2, 0.25) is 0 Å². The Morgan fingerprint density at radius 1 is 0.844 bits per heavy atom. The van der Waals surface area contributed by atoms with Gasteiger partial charge in [-0.2, -0.15) is 5.10 Å². The van der Waals surface area contributed by atoms with Gasteiger partial charge in [0.2, 0.25) is 0 Å². The number of fused-ring (bicyclic) bond motifs is 3. The summed E-state index contributed by atoms with van der Waals surface area (Å²) in [6.45, 7) is 1.27. The number of pyridine rings is 2. The number of nitrogens with zero attached hydrogens (tertiary/aromatic N) is 8. The molecule has 0 aliphatic carbocycles. The molecule has 0 atom stereocenters. The van der Waals surface area contributed by atoms with Gasteiger partial charge in [-0.3, -0.25) is 14.6 Å². The minimum absolute atomic E-state index is 0.160. The fraction of sp³-hybridized carbons (Fsp3) is 0.118. The molecule has 2 aromatic carbocycles. The van der Waals surface area contributed by atoms with Crippen LogP contribution in [-0.2, 0) is 29.7 Å². The lowest BCUT2D eigenvalue weighted by Crippen LogP contribution is -2.31. The zero-order valence-electron chi connectivity index (χ0n) is 24.1. The Morgan fingerprint density at radius 3 is 2.51 bits per heavy atom. The van der Waals surface area contributed by atoms with Crippen molar-refractivity contribution < 1.29 is 14.0 Å². The molecule has 0 spiro atoms. The number of carbonyl (C=O) groups is 2. The summed E-state index contributed by atoms with van der Waals surface area (Å²) in [6, 6.07) is 18.8. The third kappa shape index (κ3) is 4.31. The molecule has 0 fully saturated rings. The van der Waals surface area contributed by atoms with Gasteiger partial charge in [0.25, 0.3) is 11.8 Å². The Hall–Kier alpha value is -5.97. The lowest BCUT2D eigenvalue weighted by molar-refractivity contribution is -0.119. The fourth-order valence-corrected chi connectivity index (χ4v) is 6.15. The minimum Gasteiger partial charge on any atom is -0.347 e. The second-order valence-corrected chi connectivity index (χ2v) is 11.0. The van der Waals surface area contributed by atoms with Crippen molar-refractivity contribution in [2.75, 3.05) is 4.90 Å². The molecule has 1 aliphatic heterocycles. The lowest BCUT2D eigenvalue weighted by Gasteiger charge is -2.14. The van der Waals surface area contributed by atoms with Crippen molar-refractivity contribution >= 4 is 61.6 Å². The van der Waals surface area contributed by atoms with E-state index in [4.69, 9.17) is 10.1 Å². The maximum atomic E-state index is 14.6. The van der Waals surface area contributed by atoms with Crippen LogP contribution in [0, 0.1) is 5.82 Å². The van der Waals surface area contributed by atoms with E-state index in [0.29, 0.717) is 63.0 Å². The van der Waals surface area contributed by atoms with Gasteiger partial charge in [0.1, 0.15) is 11.5 Å². The third-order valence-electron chi connectivity index (χ3n) is 8.20. The zero-order chi connectivity index (χ0) is 30.7. The number of halogens is 1. The Morgan fingerprint density at radius 2 is 1.69 bits per heavy atom. The van der Waals surface area contributed by atoms with Crippen molar-refractivity contribution in [2.45, 2.75) is 19.5 Å². The Labute approximate surface area is 255 Å². The first-order chi connectivity index (χ1) is 22.0. The molecule has 0 unspecified atom stereocenters. The van der Waals surface area contributed by atoms with Crippen LogP contribution in [0.25, 0.3) is 44.1 Å². The van der Waals surface area contributed by atoms with Gasteiger partial charge in [0, 0.05) is 61.3 Å². The van der Waals surface area contributed by atoms with Gasteiger partial charge in [-0.05, 0) is 55.0 Å². The van der Waals surface area contributed by atoms with E-state index in [0.717, 1.165) is 6.42 Å². The number of imide groups is 1. The number of para-hydroxylation sites is 1. The molecule has 10 nitrogen and oxygen atoms in total. The molecule has 7 aromatic rings. The molecule has 6 heterocycles. The average molecular weight is 597 g/mol. The topological polar surface area (TPSA) is 104 Å². The summed E-state index contributed by atoms with van der Waals surface area (Å²) in [5.41, 5.74) is 4.19. The van der Waals surface area contributed by atoms with Crippen molar-refractivity contribution in [2.24, 2.45) is 7.05 Å². The van der Waals surface area contributed by atoms with Crippen LogP contribution in [0.1, 0.15) is 17.7 Å². The smallest absolute Gasteiger partial charge is 0.268 e. The number of aryl methyl sites for hydroxylation is 3. The van der Waals surface area contributed by atoms with E-state index in [1.54, 1.807) is 60.8 Å². The van der Waals surface area contributed by atoms with Crippen molar-refractivity contribution in [3.8, 4) is 0 Å². The van der Waals surface area contributed by atoms with Crippen LogP contribution in [0.4, 0.5) is 10.1 Å². The van der Waals surface area contributed by atoms with Crippen molar-refractivity contribution in [1.29, 1.82) is 0 Å². The van der Waals surface area contributed by atoms with E-state index in [-0.39, 0.29) is 11.1 Å². The molecule has 11 heteroatoms. The first-order valence-electron chi connectivity index (χ1n) is 14.5. The van der Waals surface area contributed by atoms with Gasteiger partial charge in [0.15, 0.2) is 5.65 Å². The van der Waals surface area contributed by atoms with E-state index in [1.165, 1.54) is 17.0 Å². The predicted octanol–water partition coefficient (Wildman–Crippen LogP) is 5.38. The summed E-state index contributed by atoms with van der Waals surface area (Å²) in [7, 11) is 1.76. The molecule has 0 saturated heterocycles. The molecular weight excluding hydrogens is 571 g/mol. The molecule has 0 radical (unpaired) electrons. The molecule has 1 aliphatic rings. The third-order valence-corrected chi connectivity index (χ3v) is 8.20. The number of benzene rings is 2. The van der Waals surface area contributed by atoms with E-state index in [9.17, 15) is 14.0 Å². The number of amides is 2. The standard InChI is InChI=1S/C34H25FN8O2/c1-40-32-24(18-27-26(38-32)9-5-12-37-27)31(39-40)30-29(33(44)43(34(30)45)22-7-3-2-4-8-22)25-19-42(15-6-14-41-16-13-36-20-41)28-17-21(35)10-11-23(25)28/h2-5,7-13,16-20H,6,14-15H2,1H3. The first kappa shape index (κ1) is 26.6. The average Bonchev–Trinajstić information content (AvgIpc) is 3.82. The number of hydrogen-bond acceptors (Lipinski definition) is 6. The number of imidazole rings is 1. The van der Waals surface area contributed by atoms with Crippen molar-refractivity contribution in [3.63, 3.8) is 0 Å². The van der Waals surface area contributed by atoms with Crippen LogP contribution < -0.4 is 4.90 Å². The molecule has 8 rings (SSSR count). The number of aromatic nitrogens is 7. The molecule has 45 heavy (non-hydrogen) atoms. The Balaban J connectivity index is 1.35. The van der Waals surface area contributed by atoms with Gasteiger partial charge in [0.05, 0.1) is 39.7 Å². The summed E-state index contributed by atoms with van der Waals surface area (Å²) >= 11 is 0. The number of hydrogen-bond donors (Lipinski definition) is 0. The van der Waals surface area contributed by atoms with Crippen LogP contribution >= 0.6 is 0 Å². The quantitative estimate of drug-likeness (QED) is 0.229. The minimum atomic E-state index is -0.495. The van der Waals surface area contributed by atoms with E-state index in [1.807, 2.05) is 45.8 Å². The fourth-order valence-electron chi connectivity index (χ4n) is 6.15. The summed E-state index contributed by atoms with van der Waals surface area (Å²) in [4.78, 5) is 43.3. The van der Waals surface area contributed by atoms with E-state index in [2.05, 4.69) is 9.97 Å². The molecule has 0 bridgehead atoms. The molecule has 0 saturated carbocycles. The maximum absolute atomic E-state index is 14.6. The normalized spacial score (nSPS) is 13.8. The maximum Gasteiger partial charge on any atom is 0.268 e. The molecule has 5 aromatic heterocycles. The monoisotopic (exact) mass is 596 g/mol. The van der Waals surface area contributed by atoms with Crippen LogP contribution in [-0.4, -0.2) is 45.7 Å². The van der Waals surface area contributed by atoms with Crippen LogP contribution in [0.5, 0.6) is 0 Å². The highest BCUT2D eigenvalue weighted by atomic mass is 19.1. The van der Waals surface area contributed by atoms with Gasteiger partial charge in [-0.15, -0.1) is 0 Å². The molecule has 220 valence electrons.